The third-order valence-electron chi connectivity index (χ3n) is 4.97. The van der Waals surface area contributed by atoms with E-state index in [1.807, 2.05) is 12.1 Å². The molecule has 1 unspecified atom stereocenters. The van der Waals surface area contributed by atoms with Gasteiger partial charge in [0.25, 0.3) is 5.91 Å². The first-order valence-corrected chi connectivity index (χ1v) is 11.1. The zero-order valence-electron chi connectivity index (χ0n) is 18.0. The van der Waals surface area contributed by atoms with Gasteiger partial charge in [-0.25, -0.2) is 5.48 Å². The monoisotopic (exact) mass is 463 g/mol. The van der Waals surface area contributed by atoms with Gasteiger partial charge in [-0.2, -0.15) is 0 Å². The van der Waals surface area contributed by atoms with Gasteiger partial charge in [-0.3, -0.25) is 14.8 Å². The maximum Gasteiger partial charge on any atom is 0.274 e. The highest BCUT2D eigenvalue weighted by molar-refractivity contribution is 7.10. The molecule has 2 amide bonds. The summed E-state index contributed by atoms with van der Waals surface area (Å²) in [6.45, 7) is 2.51. The molecule has 2 heterocycles. The molecule has 0 fully saturated rings. The molecule has 2 aromatic carbocycles. The van der Waals surface area contributed by atoms with Crippen LogP contribution in [0.4, 0.5) is 0 Å². The van der Waals surface area contributed by atoms with Crippen molar-refractivity contribution in [2.45, 2.75) is 19.5 Å². The van der Waals surface area contributed by atoms with Gasteiger partial charge in [0.2, 0.25) is 6.41 Å². The molecule has 4 rings (SSSR count). The Morgan fingerprint density at radius 2 is 1.85 bits per heavy atom. The minimum absolute atomic E-state index is 0.265. The summed E-state index contributed by atoms with van der Waals surface area (Å²) >= 11 is 1.76. The van der Waals surface area contributed by atoms with E-state index in [1.54, 1.807) is 47.7 Å². The van der Waals surface area contributed by atoms with Gasteiger partial charge in [0.1, 0.15) is 5.75 Å². The van der Waals surface area contributed by atoms with Gasteiger partial charge in [-0.1, -0.05) is 42.5 Å². The first-order chi connectivity index (χ1) is 16.0. The molecule has 1 aliphatic heterocycles. The Labute approximate surface area is 196 Å². The Balaban J connectivity index is 0.000000196. The molecule has 8 heteroatoms. The first-order valence-electron chi connectivity index (χ1n) is 10.2. The van der Waals surface area contributed by atoms with Crippen LogP contribution < -0.4 is 16.1 Å². The van der Waals surface area contributed by atoms with Gasteiger partial charge in [0.05, 0.1) is 6.04 Å². The van der Waals surface area contributed by atoms with Crippen LogP contribution in [0, 0.1) is 0 Å². The maximum absolute atomic E-state index is 10.9. The summed E-state index contributed by atoms with van der Waals surface area (Å²) in [4.78, 5) is 22.2. The molecule has 5 N–H and O–H groups in total. The summed E-state index contributed by atoms with van der Waals surface area (Å²) in [6, 6.07) is 18.3. The molecule has 170 valence electrons. The number of rotatable bonds is 6. The van der Waals surface area contributed by atoms with E-state index in [4.69, 9.17) is 5.21 Å². The number of dihydropyridines is 1. The summed E-state index contributed by atoms with van der Waals surface area (Å²) < 4.78 is 0. The van der Waals surface area contributed by atoms with Crippen LogP contribution in [0.15, 0.2) is 83.9 Å². The molecule has 1 atom stereocenters. The Bertz CT molecular complexity index is 1120. The minimum atomic E-state index is -0.556. The molecule has 0 saturated carbocycles. The number of carbonyl (C=O) groups is 2. The molecule has 0 saturated heterocycles. The van der Waals surface area contributed by atoms with Crippen LogP contribution >= 0.6 is 11.3 Å². The smallest absolute Gasteiger partial charge is 0.274 e. The number of amides is 2. The second-order valence-electron chi connectivity index (χ2n) is 7.22. The van der Waals surface area contributed by atoms with Crippen molar-refractivity contribution in [2.24, 2.45) is 0 Å². The lowest BCUT2D eigenvalue weighted by Gasteiger charge is -2.22. The molecule has 33 heavy (non-hydrogen) atoms. The molecular weight excluding hydrogens is 438 g/mol. The first kappa shape index (κ1) is 23.8. The van der Waals surface area contributed by atoms with Crippen molar-refractivity contribution >= 4 is 29.2 Å². The maximum atomic E-state index is 10.9. The predicted molar refractivity (Wildman–Crippen MR) is 129 cm³/mol. The lowest BCUT2D eigenvalue weighted by Crippen LogP contribution is -2.20. The Morgan fingerprint density at radius 3 is 2.42 bits per heavy atom. The van der Waals surface area contributed by atoms with Crippen molar-refractivity contribution in [3.05, 3.63) is 105 Å². The standard InChI is InChI=1S/C16H15NOS.C9H10N2O3/c1-11-14(12-4-6-13(18)7-5-12)8-9-15(17-11)16-3-2-10-19-16;12-6-10-5-7-1-3-8(4-2-7)9(13)11-14/h2-10,15,17-18H,1H3;1-4,6,14H,5H2,(H,10,12)(H,11,13). The fourth-order valence-electron chi connectivity index (χ4n) is 3.26. The SMILES string of the molecule is CC1=C(c2ccc(O)cc2)C=CC(c2cccs2)N1.O=CNCc1ccc(C(=O)NO)cc1. The van der Waals surface area contributed by atoms with E-state index >= 15 is 0 Å². The molecule has 7 nitrogen and oxygen atoms in total. The highest BCUT2D eigenvalue weighted by atomic mass is 32.1. The number of hydrogen-bond donors (Lipinski definition) is 5. The van der Waals surface area contributed by atoms with Crippen molar-refractivity contribution in [3.8, 4) is 5.75 Å². The lowest BCUT2D eigenvalue weighted by molar-refractivity contribution is -0.109. The van der Waals surface area contributed by atoms with Crippen molar-refractivity contribution in [1.82, 2.24) is 16.1 Å². The number of hydrogen-bond acceptors (Lipinski definition) is 6. The number of phenols is 1. The molecule has 1 aromatic heterocycles. The van der Waals surface area contributed by atoms with E-state index < -0.39 is 5.91 Å². The number of carbonyl (C=O) groups excluding carboxylic acids is 2. The molecule has 1 aliphatic rings. The van der Waals surface area contributed by atoms with Crippen LogP contribution in [-0.2, 0) is 11.3 Å². The van der Waals surface area contributed by atoms with Gasteiger partial charge in [-0.15, -0.1) is 11.3 Å². The van der Waals surface area contributed by atoms with E-state index in [-0.39, 0.29) is 6.04 Å². The fourth-order valence-corrected chi connectivity index (χ4v) is 4.02. The number of thiophene rings is 1. The second-order valence-corrected chi connectivity index (χ2v) is 8.20. The van der Waals surface area contributed by atoms with Gasteiger partial charge in [0.15, 0.2) is 0 Å². The average molecular weight is 464 g/mol. The van der Waals surface area contributed by atoms with Gasteiger partial charge in [0, 0.05) is 28.3 Å². The van der Waals surface area contributed by atoms with Crippen LogP contribution in [0.2, 0.25) is 0 Å². The topological polar surface area (TPSA) is 111 Å². The predicted octanol–water partition coefficient (Wildman–Crippen LogP) is 4.14. The largest absolute Gasteiger partial charge is 0.508 e. The summed E-state index contributed by atoms with van der Waals surface area (Å²) in [7, 11) is 0. The summed E-state index contributed by atoms with van der Waals surface area (Å²) in [6.07, 6.45) is 4.94. The molecule has 3 aromatic rings. The number of nitrogens with one attached hydrogen (secondary N) is 3. The van der Waals surface area contributed by atoms with Crippen LogP contribution in [-0.4, -0.2) is 22.6 Å². The third-order valence-corrected chi connectivity index (χ3v) is 5.92. The van der Waals surface area contributed by atoms with Crippen LogP contribution in [0.1, 0.15) is 39.3 Å². The lowest BCUT2D eigenvalue weighted by atomic mass is 9.99. The number of aromatic hydroxyl groups is 1. The quantitative estimate of drug-likeness (QED) is 0.214. The van der Waals surface area contributed by atoms with Crippen molar-refractivity contribution in [2.75, 3.05) is 0 Å². The summed E-state index contributed by atoms with van der Waals surface area (Å²) in [5, 5.41) is 25.8. The molecule has 0 spiro atoms. The summed E-state index contributed by atoms with van der Waals surface area (Å²) in [5.41, 5.74) is 6.22. The molecule has 0 bridgehead atoms. The molecular formula is C25H25N3O4S. The van der Waals surface area contributed by atoms with Crippen LogP contribution in [0.5, 0.6) is 5.75 Å². The van der Waals surface area contributed by atoms with Crippen LogP contribution in [0.3, 0.4) is 0 Å². The number of allylic oxidation sites excluding steroid dienone is 3. The zero-order valence-corrected chi connectivity index (χ0v) is 18.8. The van der Waals surface area contributed by atoms with E-state index in [2.05, 4.69) is 47.2 Å². The number of benzene rings is 2. The number of hydroxylamine groups is 1. The Hall–Kier alpha value is -3.88. The normalized spacial score (nSPS) is 14.5. The van der Waals surface area contributed by atoms with Gasteiger partial charge < -0.3 is 15.7 Å². The fraction of sp³-hybridized carbons (Fsp3) is 0.120. The zero-order chi connectivity index (χ0) is 23.6. The highest BCUT2D eigenvalue weighted by Gasteiger charge is 2.15. The Kier molecular flexibility index (Phi) is 8.40. The van der Waals surface area contributed by atoms with Crippen LogP contribution in [0.25, 0.3) is 5.57 Å². The van der Waals surface area contributed by atoms with E-state index in [9.17, 15) is 14.7 Å². The van der Waals surface area contributed by atoms with Gasteiger partial charge >= 0.3 is 0 Å². The minimum Gasteiger partial charge on any atom is -0.508 e. The average Bonchev–Trinajstić information content (AvgIpc) is 3.39. The van der Waals surface area contributed by atoms with Crippen molar-refractivity contribution < 1.29 is 19.9 Å². The van der Waals surface area contributed by atoms with E-state index in [0.717, 1.165) is 16.8 Å². The van der Waals surface area contributed by atoms with Crippen molar-refractivity contribution in [3.63, 3.8) is 0 Å². The third kappa shape index (κ3) is 6.55. The van der Waals surface area contributed by atoms with Crippen molar-refractivity contribution in [1.29, 1.82) is 0 Å². The van der Waals surface area contributed by atoms with Gasteiger partial charge in [-0.05, 0) is 53.8 Å². The van der Waals surface area contributed by atoms with E-state index in [1.165, 1.54) is 15.9 Å². The molecule has 0 radical (unpaired) electrons. The Morgan fingerprint density at radius 1 is 1.12 bits per heavy atom. The number of phenolic OH excluding ortho intramolecular Hbond substituents is 1. The highest BCUT2D eigenvalue weighted by Crippen LogP contribution is 2.30. The second kappa shape index (κ2) is 11.7. The summed E-state index contributed by atoms with van der Waals surface area (Å²) in [5.74, 6) is -0.258. The van der Waals surface area contributed by atoms with E-state index in [0.29, 0.717) is 24.3 Å². The molecule has 0 aliphatic carbocycles.